The lowest BCUT2D eigenvalue weighted by atomic mass is 9.99. The highest BCUT2D eigenvalue weighted by molar-refractivity contribution is 5.46. The number of nitrogens with one attached hydrogen (secondary N) is 1. The molecule has 3 heteroatoms. The Morgan fingerprint density at radius 1 is 1.06 bits per heavy atom. The maximum absolute atomic E-state index is 5.45. The van der Waals surface area contributed by atoms with E-state index in [1.165, 1.54) is 5.56 Å². The molecule has 0 aliphatic rings. The van der Waals surface area contributed by atoms with Gasteiger partial charge in [0.25, 0.3) is 0 Å². The van der Waals surface area contributed by atoms with E-state index < -0.39 is 0 Å². The molecule has 96 valence electrons. The highest BCUT2D eigenvalue weighted by Gasteiger charge is 2.11. The van der Waals surface area contributed by atoms with Crippen molar-refractivity contribution in [3.63, 3.8) is 0 Å². The van der Waals surface area contributed by atoms with Gasteiger partial charge < -0.3 is 14.8 Å². The van der Waals surface area contributed by atoms with Crippen LogP contribution >= 0.6 is 0 Å². The summed E-state index contributed by atoms with van der Waals surface area (Å²) in [4.78, 5) is 0. The predicted octanol–water partition coefficient (Wildman–Crippen LogP) is 2.62. The molecule has 0 radical (unpaired) electrons. The molecule has 1 rings (SSSR count). The number of hydrogen-bond donors (Lipinski definition) is 1. The molecule has 1 aromatic rings. The lowest BCUT2D eigenvalue weighted by Crippen LogP contribution is -2.08. The fourth-order valence-corrected chi connectivity index (χ4v) is 1.95. The highest BCUT2D eigenvalue weighted by Crippen LogP contribution is 2.30. The largest absolute Gasteiger partial charge is 0.496 e. The smallest absolute Gasteiger partial charge is 0.123 e. The molecule has 0 spiro atoms. The first kappa shape index (κ1) is 13.8. The Labute approximate surface area is 104 Å². The number of ether oxygens (including phenoxy) is 2. The molecule has 0 heterocycles. The minimum absolute atomic E-state index is 0.601. The van der Waals surface area contributed by atoms with Crippen LogP contribution in [0.25, 0.3) is 0 Å². The Hall–Kier alpha value is -1.22. The van der Waals surface area contributed by atoms with Crippen LogP contribution in [0.4, 0.5) is 0 Å². The standard InChI is InChI=1S/C14H23NO2/c1-10(2)6-11-7-14(17-5)12(9-15-3)8-13(11)16-4/h7-8,10,15H,6,9H2,1-5H3. The van der Waals surface area contributed by atoms with Gasteiger partial charge in [0.2, 0.25) is 0 Å². The van der Waals surface area contributed by atoms with Crippen molar-refractivity contribution in [3.05, 3.63) is 23.3 Å². The Balaban J connectivity index is 3.12. The number of hydrogen-bond acceptors (Lipinski definition) is 3. The van der Waals surface area contributed by atoms with Crippen LogP contribution in [0.15, 0.2) is 12.1 Å². The normalized spacial score (nSPS) is 10.7. The second-order valence-electron chi connectivity index (χ2n) is 4.60. The Morgan fingerprint density at radius 2 is 1.59 bits per heavy atom. The zero-order valence-corrected chi connectivity index (χ0v) is 11.5. The van der Waals surface area contributed by atoms with Crippen molar-refractivity contribution in [2.24, 2.45) is 5.92 Å². The van der Waals surface area contributed by atoms with Crippen molar-refractivity contribution in [1.29, 1.82) is 0 Å². The third kappa shape index (κ3) is 3.63. The minimum atomic E-state index is 0.601. The summed E-state index contributed by atoms with van der Waals surface area (Å²) in [5.41, 5.74) is 2.33. The first-order valence-corrected chi connectivity index (χ1v) is 6.00. The van der Waals surface area contributed by atoms with E-state index in [9.17, 15) is 0 Å². The number of methoxy groups -OCH3 is 2. The molecular formula is C14H23NO2. The van der Waals surface area contributed by atoms with Gasteiger partial charge in [-0.25, -0.2) is 0 Å². The third-order valence-electron chi connectivity index (χ3n) is 2.68. The molecule has 0 saturated carbocycles. The van der Waals surface area contributed by atoms with E-state index in [1.54, 1.807) is 14.2 Å². The second kappa shape index (κ2) is 6.50. The van der Waals surface area contributed by atoms with Crippen LogP contribution in [0.3, 0.4) is 0 Å². The van der Waals surface area contributed by atoms with Crippen molar-refractivity contribution in [1.82, 2.24) is 5.32 Å². The summed E-state index contributed by atoms with van der Waals surface area (Å²) in [6.07, 6.45) is 0.999. The molecule has 3 nitrogen and oxygen atoms in total. The van der Waals surface area contributed by atoms with Gasteiger partial charge in [0.1, 0.15) is 11.5 Å². The molecule has 0 fully saturated rings. The first-order valence-electron chi connectivity index (χ1n) is 6.00. The highest BCUT2D eigenvalue weighted by atomic mass is 16.5. The van der Waals surface area contributed by atoms with Gasteiger partial charge in [0.15, 0.2) is 0 Å². The van der Waals surface area contributed by atoms with Gasteiger partial charge in [-0.2, -0.15) is 0 Å². The van der Waals surface area contributed by atoms with E-state index in [0.717, 1.165) is 30.0 Å². The Morgan fingerprint density at radius 3 is 2.06 bits per heavy atom. The van der Waals surface area contributed by atoms with E-state index in [-0.39, 0.29) is 0 Å². The van der Waals surface area contributed by atoms with Crippen LogP contribution in [0.2, 0.25) is 0 Å². The molecule has 0 unspecified atom stereocenters. The number of benzene rings is 1. The molecule has 0 aromatic heterocycles. The van der Waals surface area contributed by atoms with Crippen LogP contribution in [-0.2, 0) is 13.0 Å². The molecule has 0 amide bonds. The molecular weight excluding hydrogens is 214 g/mol. The summed E-state index contributed by atoms with van der Waals surface area (Å²) in [5, 5.41) is 3.13. The maximum Gasteiger partial charge on any atom is 0.123 e. The van der Waals surface area contributed by atoms with E-state index >= 15 is 0 Å². The summed E-state index contributed by atoms with van der Waals surface area (Å²) >= 11 is 0. The monoisotopic (exact) mass is 237 g/mol. The van der Waals surface area contributed by atoms with Crippen LogP contribution < -0.4 is 14.8 Å². The van der Waals surface area contributed by atoms with Crippen molar-refractivity contribution in [2.75, 3.05) is 21.3 Å². The van der Waals surface area contributed by atoms with Gasteiger partial charge in [-0.05, 0) is 37.1 Å². The lowest BCUT2D eigenvalue weighted by molar-refractivity contribution is 0.391. The maximum atomic E-state index is 5.45. The van der Waals surface area contributed by atoms with Crippen LogP contribution in [-0.4, -0.2) is 21.3 Å². The van der Waals surface area contributed by atoms with Crippen LogP contribution in [0.5, 0.6) is 11.5 Å². The summed E-state index contributed by atoms with van der Waals surface area (Å²) in [5.74, 6) is 2.48. The van der Waals surface area contributed by atoms with E-state index in [2.05, 4.69) is 31.3 Å². The molecule has 0 atom stereocenters. The zero-order chi connectivity index (χ0) is 12.8. The van der Waals surface area contributed by atoms with Crippen molar-refractivity contribution >= 4 is 0 Å². The van der Waals surface area contributed by atoms with Gasteiger partial charge in [-0.1, -0.05) is 13.8 Å². The molecule has 1 N–H and O–H groups in total. The SMILES string of the molecule is CNCc1cc(OC)c(CC(C)C)cc1OC. The fourth-order valence-electron chi connectivity index (χ4n) is 1.95. The van der Waals surface area contributed by atoms with E-state index in [0.29, 0.717) is 5.92 Å². The van der Waals surface area contributed by atoms with Crippen molar-refractivity contribution < 1.29 is 9.47 Å². The molecule has 0 aliphatic carbocycles. The minimum Gasteiger partial charge on any atom is -0.496 e. The Bertz CT molecular complexity index is 361. The molecule has 17 heavy (non-hydrogen) atoms. The van der Waals surface area contributed by atoms with Gasteiger partial charge >= 0.3 is 0 Å². The Kier molecular flexibility index (Phi) is 5.29. The average Bonchev–Trinajstić information content (AvgIpc) is 2.30. The van der Waals surface area contributed by atoms with Crippen LogP contribution in [0, 0.1) is 5.92 Å². The average molecular weight is 237 g/mol. The topological polar surface area (TPSA) is 30.5 Å². The first-order chi connectivity index (χ1) is 8.12. The molecule has 1 aromatic carbocycles. The molecule has 0 saturated heterocycles. The van der Waals surface area contributed by atoms with E-state index in [4.69, 9.17) is 9.47 Å². The second-order valence-corrected chi connectivity index (χ2v) is 4.60. The lowest BCUT2D eigenvalue weighted by Gasteiger charge is -2.16. The number of rotatable bonds is 6. The molecule has 0 aliphatic heterocycles. The molecule has 0 bridgehead atoms. The van der Waals surface area contributed by atoms with Gasteiger partial charge in [0.05, 0.1) is 14.2 Å². The van der Waals surface area contributed by atoms with Gasteiger partial charge in [-0.15, -0.1) is 0 Å². The summed E-state index contributed by atoms with van der Waals surface area (Å²) in [6.45, 7) is 5.18. The van der Waals surface area contributed by atoms with Crippen molar-refractivity contribution in [2.45, 2.75) is 26.8 Å². The summed E-state index contributed by atoms with van der Waals surface area (Å²) < 4.78 is 10.9. The summed E-state index contributed by atoms with van der Waals surface area (Å²) in [7, 11) is 5.35. The quantitative estimate of drug-likeness (QED) is 0.825. The van der Waals surface area contributed by atoms with E-state index in [1.807, 2.05) is 7.05 Å². The summed E-state index contributed by atoms with van der Waals surface area (Å²) in [6, 6.07) is 4.15. The zero-order valence-electron chi connectivity index (χ0n) is 11.5. The fraction of sp³-hybridized carbons (Fsp3) is 0.571. The predicted molar refractivity (Wildman–Crippen MR) is 70.9 cm³/mol. The van der Waals surface area contributed by atoms with Crippen LogP contribution in [0.1, 0.15) is 25.0 Å². The third-order valence-corrected chi connectivity index (χ3v) is 2.68. The van der Waals surface area contributed by atoms with Gasteiger partial charge in [-0.3, -0.25) is 0 Å². The van der Waals surface area contributed by atoms with Gasteiger partial charge in [0, 0.05) is 12.1 Å². The van der Waals surface area contributed by atoms with Crippen molar-refractivity contribution in [3.8, 4) is 11.5 Å².